The Morgan fingerprint density at radius 3 is 1.78 bits per heavy atom. The molecule has 0 unspecified atom stereocenters. The predicted octanol–water partition coefficient (Wildman–Crippen LogP) is 8.72. The molecule has 0 radical (unpaired) electrons. The first kappa shape index (κ1) is 39.6. The first-order valence-corrected chi connectivity index (χ1v) is 18.3. The van der Waals surface area contributed by atoms with Gasteiger partial charge in [-0.2, -0.15) is 5.26 Å². The first-order valence-electron chi connectivity index (χ1n) is 16.3. The van der Waals surface area contributed by atoms with Crippen molar-refractivity contribution in [3.63, 3.8) is 0 Å². The van der Waals surface area contributed by atoms with Crippen LogP contribution < -0.4 is 20.9 Å². The fourth-order valence-electron chi connectivity index (χ4n) is 4.36. The Morgan fingerprint density at radius 2 is 1.24 bits per heavy atom. The summed E-state index contributed by atoms with van der Waals surface area (Å²) in [6.07, 6.45) is 3.79. The third-order valence-electron chi connectivity index (χ3n) is 7.07. The maximum absolute atomic E-state index is 13.0. The Bertz CT molecular complexity index is 2340. The van der Waals surface area contributed by atoms with E-state index in [1.807, 2.05) is 54.6 Å². The molecule has 7 rings (SSSR count). The largest absolute Gasteiger partial charge is 0.479 e. The van der Waals surface area contributed by atoms with Gasteiger partial charge in [-0.3, -0.25) is 4.79 Å². The third kappa shape index (κ3) is 12.8. The molecule has 0 atom stereocenters. The topological polar surface area (TPSA) is 176 Å². The van der Waals surface area contributed by atoms with E-state index in [0.29, 0.717) is 50.4 Å². The van der Waals surface area contributed by atoms with Crippen LogP contribution in [-0.2, 0) is 11.5 Å². The number of ether oxygens (including phenoxy) is 2. The molecule has 55 heavy (non-hydrogen) atoms. The standard InChI is InChI=1S/C20H15FN4OS.C12H11N3OS.C8H6FNO/c21-15-6-8-16(9-7-15)26-17-10-14-11-23-20(25-19(14)24-18(17)22)27-12-13-4-2-1-3-5-13;13-11-10(7-16)6-14-12(15-11)17-8-9-4-2-1-3-5-9;9-7-1-3-8(4-2-7)11-6-5-10/h1-11H,12H2,(H2,22,23,24,25);1-7H,8H2,(H2,13,14,15);1-4H,6H2. The van der Waals surface area contributed by atoms with Crippen molar-refractivity contribution in [1.82, 2.24) is 24.9 Å². The SMILES string of the molecule is N#CCOc1ccc(F)cc1.Nc1nc(SCc2ccccc2)ncc1C=O.Nc1nc2nc(SCc3ccccc3)ncc2cc1Oc1ccc(F)cc1. The Kier molecular flexibility index (Phi) is 14.8. The summed E-state index contributed by atoms with van der Waals surface area (Å²) in [4.78, 5) is 31.8. The van der Waals surface area contributed by atoms with Crippen molar-refractivity contribution in [2.75, 3.05) is 18.1 Å². The molecule has 0 spiro atoms. The first-order chi connectivity index (χ1) is 26.8. The van der Waals surface area contributed by atoms with Crippen molar-refractivity contribution in [2.45, 2.75) is 21.8 Å². The maximum Gasteiger partial charge on any atom is 0.189 e. The summed E-state index contributed by atoms with van der Waals surface area (Å²) in [5.74, 6) is 2.70. The number of halogens is 2. The average molecular weight is 775 g/mol. The molecular weight excluding hydrogens is 743 g/mol. The van der Waals surface area contributed by atoms with E-state index < -0.39 is 0 Å². The average Bonchev–Trinajstić information content (AvgIpc) is 3.21. The van der Waals surface area contributed by atoms with Crippen LogP contribution in [0.25, 0.3) is 11.0 Å². The minimum atomic E-state index is -0.333. The number of hydrogen-bond donors (Lipinski definition) is 2. The number of nitrogens with two attached hydrogens (primary N) is 2. The molecule has 276 valence electrons. The van der Waals surface area contributed by atoms with Crippen molar-refractivity contribution < 1.29 is 23.0 Å². The second kappa shape index (κ2) is 20.6. The molecular formula is C40H32F2N8O3S2. The zero-order chi connectivity index (χ0) is 38.8. The normalized spacial score (nSPS) is 10.2. The van der Waals surface area contributed by atoms with Gasteiger partial charge in [0.25, 0.3) is 0 Å². The van der Waals surface area contributed by atoms with Crippen molar-refractivity contribution in [2.24, 2.45) is 0 Å². The molecule has 0 aliphatic heterocycles. The number of hydrogen-bond acceptors (Lipinski definition) is 13. The second-order valence-electron chi connectivity index (χ2n) is 11.1. The summed E-state index contributed by atoms with van der Waals surface area (Å²) in [6, 6.07) is 34.9. The summed E-state index contributed by atoms with van der Waals surface area (Å²) in [6.45, 7) is -0.00830. The molecule has 0 bridgehead atoms. The van der Waals surface area contributed by atoms with Gasteiger partial charge in [0.05, 0.1) is 5.56 Å². The summed E-state index contributed by atoms with van der Waals surface area (Å²) in [7, 11) is 0. The number of pyridine rings is 1. The number of rotatable bonds is 11. The number of carbonyl (C=O) groups excluding carboxylic acids is 1. The van der Waals surface area contributed by atoms with Gasteiger partial charge in [0, 0.05) is 29.3 Å². The molecule has 0 aliphatic carbocycles. The summed E-state index contributed by atoms with van der Waals surface area (Å²) < 4.78 is 35.9. The number of aromatic nitrogens is 5. The minimum Gasteiger partial charge on any atom is -0.479 e. The lowest BCUT2D eigenvalue weighted by atomic mass is 10.2. The number of nitrogens with zero attached hydrogens (tertiary/aromatic N) is 6. The Morgan fingerprint density at radius 1 is 0.691 bits per heavy atom. The second-order valence-corrected chi connectivity index (χ2v) is 12.9. The van der Waals surface area contributed by atoms with Crippen molar-refractivity contribution >= 4 is 52.5 Å². The van der Waals surface area contributed by atoms with Crippen LogP contribution in [0.2, 0.25) is 0 Å². The van der Waals surface area contributed by atoms with Crippen molar-refractivity contribution in [3.05, 3.63) is 156 Å². The third-order valence-corrected chi connectivity index (χ3v) is 8.94. The number of benzene rings is 4. The number of carbonyl (C=O) groups is 1. The predicted molar refractivity (Wildman–Crippen MR) is 210 cm³/mol. The van der Waals surface area contributed by atoms with Crippen molar-refractivity contribution in [1.29, 1.82) is 5.26 Å². The zero-order valence-electron chi connectivity index (χ0n) is 29.0. The number of nitrogen functional groups attached to an aromatic ring is 2. The molecule has 0 saturated carbocycles. The smallest absolute Gasteiger partial charge is 0.189 e. The summed E-state index contributed by atoms with van der Waals surface area (Å²) in [5, 5.41) is 10.1. The molecule has 0 aliphatic rings. The summed E-state index contributed by atoms with van der Waals surface area (Å²) >= 11 is 3.02. The van der Waals surface area contributed by atoms with Gasteiger partial charge >= 0.3 is 0 Å². The monoisotopic (exact) mass is 774 g/mol. The van der Waals surface area contributed by atoms with Crippen LogP contribution in [0.1, 0.15) is 21.5 Å². The zero-order valence-corrected chi connectivity index (χ0v) is 30.6. The van der Waals surface area contributed by atoms with E-state index in [9.17, 15) is 13.6 Å². The van der Waals surface area contributed by atoms with Crippen LogP contribution in [0.15, 0.2) is 138 Å². The maximum atomic E-state index is 13.0. The number of aldehydes is 1. The van der Waals surface area contributed by atoms with E-state index in [0.717, 1.165) is 11.5 Å². The molecule has 4 N–H and O–H groups in total. The Hall–Kier alpha value is -6.63. The van der Waals surface area contributed by atoms with Gasteiger partial charge in [0.1, 0.15) is 35.0 Å². The quantitative estimate of drug-likeness (QED) is 0.0726. The van der Waals surface area contributed by atoms with Crippen LogP contribution in [0.5, 0.6) is 17.2 Å². The van der Waals surface area contributed by atoms with Gasteiger partial charge in [0.15, 0.2) is 40.4 Å². The molecule has 11 nitrogen and oxygen atoms in total. The van der Waals surface area contributed by atoms with E-state index in [2.05, 4.69) is 37.1 Å². The van der Waals surface area contributed by atoms with Gasteiger partial charge in [-0.1, -0.05) is 84.2 Å². The fraction of sp³-hybridized carbons (Fsp3) is 0.0750. The van der Waals surface area contributed by atoms with Gasteiger partial charge in [0.2, 0.25) is 0 Å². The fourth-order valence-corrected chi connectivity index (χ4v) is 5.91. The van der Waals surface area contributed by atoms with Crippen LogP contribution in [0.4, 0.5) is 20.4 Å². The van der Waals surface area contributed by atoms with E-state index in [4.69, 9.17) is 26.2 Å². The number of anilines is 2. The van der Waals surface area contributed by atoms with Crippen molar-refractivity contribution in [3.8, 4) is 23.3 Å². The van der Waals surface area contributed by atoms with E-state index in [-0.39, 0.29) is 29.9 Å². The molecule has 3 aromatic heterocycles. The molecule has 15 heteroatoms. The molecule has 0 amide bonds. The highest BCUT2D eigenvalue weighted by molar-refractivity contribution is 7.98. The number of nitriles is 1. The highest BCUT2D eigenvalue weighted by Gasteiger charge is 2.10. The summed E-state index contributed by atoms with van der Waals surface area (Å²) in [5.41, 5.74) is 14.8. The van der Waals surface area contributed by atoms with Crippen LogP contribution in [0.3, 0.4) is 0 Å². The molecule has 0 saturated heterocycles. The lowest BCUT2D eigenvalue weighted by molar-refractivity contribution is 0.112. The number of thioether (sulfide) groups is 2. The van der Waals surface area contributed by atoms with Crippen LogP contribution in [-0.4, -0.2) is 37.8 Å². The van der Waals surface area contributed by atoms with Gasteiger partial charge in [-0.15, -0.1) is 0 Å². The van der Waals surface area contributed by atoms with Gasteiger partial charge in [-0.05, 0) is 65.7 Å². The van der Waals surface area contributed by atoms with Crippen LogP contribution in [0, 0.1) is 23.0 Å². The lowest BCUT2D eigenvalue weighted by Crippen LogP contribution is -1.99. The van der Waals surface area contributed by atoms with E-state index in [1.54, 1.807) is 12.3 Å². The minimum absolute atomic E-state index is 0.00830. The molecule has 7 aromatic rings. The Balaban J connectivity index is 0.000000177. The molecule has 3 heterocycles. The number of fused-ring (bicyclic) bond motifs is 1. The van der Waals surface area contributed by atoms with E-state index >= 15 is 0 Å². The molecule has 0 fully saturated rings. The molecule has 4 aromatic carbocycles. The van der Waals surface area contributed by atoms with E-state index in [1.165, 1.54) is 89.4 Å². The highest BCUT2D eigenvalue weighted by atomic mass is 32.2. The Labute approximate surface area is 323 Å². The highest BCUT2D eigenvalue weighted by Crippen LogP contribution is 2.30. The van der Waals surface area contributed by atoms with Crippen LogP contribution >= 0.6 is 23.5 Å². The van der Waals surface area contributed by atoms with Gasteiger partial charge in [-0.25, -0.2) is 33.7 Å². The lowest BCUT2D eigenvalue weighted by Gasteiger charge is -2.09. The van der Waals surface area contributed by atoms with Gasteiger partial charge < -0.3 is 20.9 Å².